The predicted octanol–water partition coefficient (Wildman–Crippen LogP) is 3.34. The summed E-state index contributed by atoms with van der Waals surface area (Å²) < 4.78 is 10.7. The highest BCUT2D eigenvalue weighted by atomic mass is 16.5. The predicted molar refractivity (Wildman–Crippen MR) is 102 cm³/mol. The van der Waals surface area contributed by atoms with Gasteiger partial charge in [-0.3, -0.25) is 4.79 Å². The largest absolute Gasteiger partial charge is 0.493 e. The van der Waals surface area contributed by atoms with Crippen LogP contribution in [0.25, 0.3) is 0 Å². The molecule has 1 atom stereocenters. The maximum absolute atomic E-state index is 12.1. The maximum Gasteiger partial charge on any atom is 0.263 e. The fourth-order valence-electron chi connectivity index (χ4n) is 3.13. The lowest BCUT2D eigenvalue weighted by molar-refractivity contribution is -0.118. The van der Waals surface area contributed by atoms with Crippen molar-refractivity contribution < 1.29 is 14.3 Å². The van der Waals surface area contributed by atoms with Crippen LogP contribution in [0.2, 0.25) is 0 Å². The van der Waals surface area contributed by atoms with Crippen LogP contribution in [-0.4, -0.2) is 37.7 Å². The molecule has 6 heteroatoms. The van der Waals surface area contributed by atoms with Gasteiger partial charge < -0.3 is 19.7 Å². The summed E-state index contributed by atoms with van der Waals surface area (Å²) in [6.07, 6.45) is 4.30. The first-order valence-corrected chi connectivity index (χ1v) is 8.92. The average Bonchev–Trinajstić information content (AvgIpc) is 2.67. The zero-order chi connectivity index (χ0) is 18.4. The molecule has 3 rings (SSSR count). The lowest BCUT2D eigenvalue weighted by Gasteiger charge is -2.32. The Morgan fingerprint density at radius 1 is 1.27 bits per heavy atom. The number of anilines is 2. The van der Waals surface area contributed by atoms with E-state index >= 15 is 0 Å². The summed E-state index contributed by atoms with van der Waals surface area (Å²) in [4.78, 5) is 18.8. The van der Waals surface area contributed by atoms with Crippen molar-refractivity contribution in [3.8, 4) is 11.5 Å². The Morgan fingerprint density at radius 2 is 2.08 bits per heavy atom. The fourth-order valence-corrected chi connectivity index (χ4v) is 3.13. The topological polar surface area (TPSA) is 63.7 Å². The highest BCUT2D eigenvalue weighted by Gasteiger charge is 2.17. The first kappa shape index (κ1) is 18.0. The summed E-state index contributed by atoms with van der Waals surface area (Å²) in [6, 6.07) is 11.1. The number of rotatable bonds is 6. The van der Waals surface area contributed by atoms with E-state index in [1.165, 1.54) is 12.8 Å². The molecule has 6 nitrogen and oxygen atoms in total. The molecule has 1 aliphatic rings. The number of amides is 1. The van der Waals surface area contributed by atoms with E-state index in [9.17, 15) is 4.79 Å². The van der Waals surface area contributed by atoms with E-state index in [1.807, 2.05) is 30.5 Å². The SMILES string of the molecule is COc1ccccc1OCC(=O)Nc1ccc(N2CCCC(C)C2)cn1. The highest BCUT2D eigenvalue weighted by Crippen LogP contribution is 2.26. The number of ether oxygens (including phenoxy) is 2. The van der Waals surface area contributed by atoms with Crippen molar-refractivity contribution in [2.45, 2.75) is 19.8 Å². The van der Waals surface area contributed by atoms with Gasteiger partial charge in [-0.2, -0.15) is 0 Å². The second kappa shape index (κ2) is 8.56. The minimum atomic E-state index is -0.261. The van der Waals surface area contributed by atoms with E-state index in [-0.39, 0.29) is 12.5 Å². The Bertz CT molecular complexity index is 733. The first-order valence-electron chi connectivity index (χ1n) is 8.92. The Balaban J connectivity index is 1.53. The van der Waals surface area contributed by atoms with Gasteiger partial charge in [-0.25, -0.2) is 4.98 Å². The van der Waals surface area contributed by atoms with Gasteiger partial charge in [0.2, 0.25) is 0 Å². The number of hydrogen-bond acceptors (Lipinski definition) is 5. The van der Waals surface area contributed by atoms with Gasteiger partial charge in [-0.1, -0.05) is 19.1 Å². The standard InChI is InChI=1S/C20H25N3O3/c1-15-6-5-11-23(13-15)16-9-10-19(21-12-16)22-20(24)14-26-18-8-4-3-7-17(18)25-2/h3-4,7-10,12,15H,5-6,11,13-14H2,1-2H3,(H,21,22,24). The van der Waals surface area contributed by atoms with Crippen LogP contribution in [0.1, 0.15) is 19.8 Å². The van der Waals surface area contributed by atoms with Crippen molar-refractivity contribution in [3.63, 3.8) is 0 Å². The zero-order valence-electron chi connectivity index (χ0n) is 15.3. The van der Waals surface area contributed by atoms with Crippen LogP contribution in [0, 0.1) is 5.92 Å². The minimum absolute atomic E-state index is 0.104. The first-order chi connectivity index (χ1) is 12.7. The molecule has 1 unspecified atom stereocenters. The number of pyridine rings is 1. The molecule has 1 aromatic heterocycles. The van der Waals surface area contributed by atoms with Crippen LogP contribution in [-0.2, 0) is 4.79 Å². The third-order valence-electron chi connectivity index (χ3n) is 4.47. The van der Waals surface area contributed by atoms with Crippen LogP contribution >= 0.6 is 0 Å². The number of nitrogens with one attached hydrogen (secondary N) is 1. The van der Waals surface area contributed by atoms with Gasteiger partial charge in [0.15, 0.2) is 18.1 Å². The van der Waals surface area contributed by atoms with Crippen molar-refractivity contribution in [1.82, 2.24) is 4.98 Å². The summed E-state index contributed by atoms with van der Waals surface area (Å²) in [7, 11) is 1.57. The maximum atomic E-state index is 12.1. The molecule has 138 valence electrons. The smallest absolute Gasteiger partial charge is 0.263 e. The van der Waals surface area contributed by atoms with E-state index in [0.29, 0.717) is 23.2 Å². The highest BCUT2D eigenvalue weighted by molar-refractivity contribution is 5.91. The van der Waals surface area contributed by atoms with Crippen molar-refractivity contribution in [2.24, 2.45) is 5.92 Å². The van der Waals surface area contributed by atoms with Crippen LogP contribution in [0.15, 0.2) is 42.6 Å². The third-order valence-corrected chi connectivity index (χ3v) is 4.47. The number of piperidine rings is 1. The molecule has 0 spiro atoms. The molecule has 0 aliphatic carbocycles. The molecule has 1 saturated heterocycles. The quantitative estimate of drug-likeness (QED) is 0.861. The number of hydrogen-bond donors (Lipinski definition) is 1. The number of para-hydroxylation sites is 2. The molecular formula is C20H25N3O3. The molecule has 26 heavy (non-hydrogen) atoms. The van der Waals surface area contributed by atoms with Gasteiger partial charge >= 0.3 is 0 Å². The lowest BCUT2D eigenvalue weighted by atomic mass is 10.00. The molecule has 1 aromatic carbocycles. The van der Waals surface area contributed by atoms with E-state index in [4.69, 9.17) is 9.47 Å². The molecule has 0 saturated carbocycles. The van der Waals surface area contributed by atoms with Gasteiger partial charge in [0, 0.05) is 13.1 Å². The molecule has 2 heterocycles. The summed E-state index contributed by atoms with van der Waals surface area (Å²) >= 11 is 0. The van der Waals surface area contributed by atoms with Crippen molar-refractivity contribution >= 4 is 17.4 Å². The Kier molecular flexibility index (Phi) is 5.94. The van der Waals surface area contributed by atoms with Crippen molar-refractivity contribution in [1.29, 1.82) is 0 Å². The van der Waals surface area contributed by atoms with E-state index in [0.717, 1.165) is 18.8 Å². The van der Waals surface area contributed by atoms with Crippen molar-refractivity contribution in [2.75, 3.05) is 37.0 Å². The Labute approximate surface area is 154 Å². The van der Waals surface area contributed by atoms with Gasteiger partial charge in [0.05, 0.1) is 19.0 Å². The van der Waals surface area contributed by atoms with E-state index < -0.39 is 0 Å². The Morgan fingerprint density at radius 3 is 2.77 bits per heavy atom. The normalized spacial score (nSPS) is 16.8. The third kappa shape index (κ3) is 4.65. The number of carbonyl (C=O) groups excluding carboxylic acids is 1. The second-order valence-corrected chi connectivity index (χ2v) is 6.58. The molecular weight excluding hydrogens is 330 g/mol. The number of nitrogens with zero attached hydrogens (tertiary/aromatic N) is 2. The molecule has 2 aromatic rings. The van der Waals surface area contributed by atoms with Gasteiger partial charge in [0.1, 0.15) is 5.82 Å². The van der Waals surface area contributed by atoms with Gasteiger partial charge in [-0.15, -0.1) is 0 Å². The number of methoxy groups -OCH3 is 1. The lowest BCUT2D eigenvalue weighted by Crippen LogP contribution is -2.34. The zero-order valence-corrected chi connectivity index (χ0v) is 15.3. The number of benzene rings is 1. The Hall–Kier alpha value is -2.76. The summed E-state index contributed by atoms with van der Waals surface area (Å²) in [5.74, 6) is 2.09. The second-order valence-electron chi connectivity index (χ2n) is 6.58. The molecule has 1 N–H and O–H groups in total. The van der Waals surface area contributed by atoms with Crippen LogP contribution in [0.4, 0.5) is 11.5 Å². The molecule has 0 bridgehead atoms. The van der Waals surface area contributed by atoms with Gasteiger partial charge in [0.25, 0.3) is 5.91 Å². The minimum Gasteiger partial charge on any atom is -0.493 e. The fraction of sp³-hybridized carbons (Fsp3) is 0.400. The molecule has 1 aliphatic heterocycles. The average molecular weight is 355 g/mol. The van der Waals surface area contributed by atoms with E-state index in [1.54, 1.807) is 19.2 Å². The molecule has 1 fully saturated rings. The summed E-state index contributed by atoms with van der Waals surface area (Å²) in [5.41, 5.74) is 1.10. The van der Waals surface area contributed by atoms with Crippen LogP contribution in [0.5, 0.6) is 11.5 Å². The van der Waals surface area contributed by atoms with Crippen molar-refractivity contribution in [3.05, 3.63) is 42.6 Å². The van der Waals surface area contributed by atoms with Crippen LogP contribution in [0.3, 0.4) is 0 Å². The summed E-state index contributed by atoms with van der Waals surface area (Å²) in [5, 5.41) is 2.75. The van der Waals surface area contributed by atoms with Crippen LogP contribution < -0.4 is 19.7 Å². The van der Waals surface area contributed by atoms with E-state index in [2.05, 4.69) is 22.1 Å². The number of carbonyl (C=O) groups is 1. The number of aromatic nitrogens is 1. The molecule has 1 amide bonds. The monoisotopic (exact) mass is 355 g/mol. The summed E-state index contributed by atoms with van der Waals surface area (Å²) in [6.45, 7) is 4.29. The van der Waals surface area contributed by atoms with Gasteiger partial charge in [-0.05, 0) is 43.0 Å². The molecule has 0 radical (unpaired) electrons.